The number of ether oxygens (including phenoxy) is 1. The van der Waals surface area contributed by atoms with E-state index in [1.807, 2.05) is 37.6 Å². The van der Waals surface area contributed by atoms with Crippen LogP contribution in [0.1, 0.15) is 5.56 Å². The minimum absolute atomic E-state index is 0.605. The second-order valence-corrected chi connectivity index (χ2v) is 4.66. The summed E-state index contributed by atoms with van der Waals surface area (Å²) in [5.74, 6) is 0.772. The number of hydrogen-bond acceptors (Lipinski definition) is 3. The van der Waals surface area contributed by atoms with Gasteiger partial charge in [-0.2, -0.15) is 5.10 Å². The molecule has 1 aromatic carbocycles. The molecule has 0 radical (unpaired) electrons. The maximum atomic E-state index is 5.70. The van der Waals surface area contributed by atoms with E-state index in [2.05, 4.69) is 21.0 Å². The molecule has 5 heteroatoms. The molecule has 4 nitrogen and oxygen atoms in total. The zero-order valence-corrected chi connectivity index (χ0v) is 11.1. The van der Waals surface area contributed by atoms with Crippen LogP contribution in [-0.4, -0.2) is 16.4 Å². The molecule has 0 bridgehead atoms. The molecule has 0 atom stereocenters. The molecule has 0 saturated carbocycles. The molecule has 0 unspecified atom stereocenters. The van der Waals surface area contributed by atoms with Crippen molar-refractivity contribution in [3.8, 4) is 5.75 Å². The topological polar surface area (TPSA) is 53.1 Å². The summed E-state index contributed by atoms with van der Waals surface area (Å²) in [5.41, 5.74) is 7.56. The van der Waals surface area contributed by atoms with E-state index in [0.717, 1.165) is 22.2 Å². The maximum Gasteiger partial charge on any atom is 0.135 e. The number of aryl methyl sites for hydroxylation is 1. The smallest absolute Gasteiger partial charge is 0.135 e. The number of benzene rings is 1. The van der Waals surface area contributed by atoms with Gasteiger partial charge in [-0.25, -0.2) is 0 Å². The number of anilines is 1. The van der Waals surface area contributed by atoms with E-state index in [-0.39, 0.29) is 0 Å². The second kappa shape index (κ2) is 5.23. The largest absolute Gasteiger partial charge is 0.492 e. The summed E-state index contributed by atoms with van der Waals surface area (Å²) in [6.45, 7) is 0.605. The number of nitrogen functional groups attached to an aromatic ring is 1. The SMILES string of the molecule is Cn1cc(CCOc2cc(N)ccc2Br)cn1. The van der Waals surface area contributed by atoms with Crippen LogP contribution in [0, 0.1) is 0 Å². The van der Waals surface area contributed by atoms with Gasteiger partial charge in [0.05, 0.1) is 17.3 Å². The van der Waals surface area contributed by atoms with Crippen LogP contribution in [0.5, 0.6) is 5.75 Å². The van der Waals surface area contributed by atoms with Gasteiger partial charge in [-0.3, -0.25) is 4.68 Å². The van der Waals surface area contributed by atoms with Crippen LogP contribution < -0.4 is 10.5 Å². The Morgan fingerprint density at radius 3 is 3.00 bits per heavy atom. The molecule has 1 aromatic heterocycles. The summed E-state index contributed by atoms with van der Waals surface area (Å²) < 4.78 is 8.37. The first-order chi connectivity index (χ1) is 8.15. The highest BCUT2D eigenvalue weighted by Gasteiger charge is 2.02. The van der Waals surface area contributed by atoms with Gasteiger partial charge in [0.25, 0.3) is 0 Å². The Morgan fingerprint density at radius 1 is 1.47 bits per heavy atom. The number of rotatable bonds is 4. The van der Waals surface area contributed by atoms with Gasteiger partial charge < -0.3 is 10.5 Å². The van der Waals surface area contributed by atoms with Crippen LogP contribution in [0.3, 0.4) is 0 Å². The average molecular weight is 296 g/mol. The van der Waals surface area contributed by atoms with Crippen LogP contribution in [0.2, 0.25) is 0 Å². The Morgan fingerprint density at radius 2 is 2.29 bits per heavy atom. The van der Waals surface area contributed by atoms with E-state index < -0.39 is 0 Å². The number of halogens is 1. The van der Waals surface area contributed by atoms with Crippen molar-refractivity contribution in [1.29, 1.82) is 0 Å². The van der Waals surface area contributed by atoms with E-state index >= 15 is 0 Å². The van der Waals surface area contributed by atoms with Crippen LogP contribution in [0.15, 0.2) is 35.1 Å². The van der Waals surface area contributed by atoms with Gasteiger partial charge in [0.2, 0.25) is 0 Å². The highest BCUT2D eigenvalue weighted by Crippen LogP contribution is 2.27. The molecule has 0 spiro atoms. The van der Waals surface area contributed by atoms with Crippen molar-refractivity contribution in [2.45, 2.75) is 6.42 Å². The summed E-state index contributed by atoms with van der Waals surface area (Å²) in [5, 5.41) is 4.11. The molecule has 2 rings (SSSR count). The Hall–Kier alpha value is -1.49. The van der Waals surface area contributed by atoms with Crippen molar-refractivity contribution in [1.82, 2.24) is 9.78 Å². The van der Waals surface area contributed by atoms with E-state index in [1.54, 1.807) is 4.68 Å². The van der Waals surface area contributed by atoms with Gasteiger partial charge in [-0.1, -0.05) is 0 Å². The Bertz CT molecular complexity index is 510. The van der Waals surface area contributed by atoms with Crippen molar-refractivity contribution < 1.29 is 4.74 Å². The van der Waals surface area contributed by atoms with E-state index in [1.165, 1.54) is 0 Å². The molecular weight excluding hydrogens is 282 g/mol. The van der Waals surface area contributed by atoms with E-state index in [4.69, 9.17) is 10.5 Å². The Labute approximate surface area is 109 Å². The quantitative estimate of drug-likeness (QED) is 0.881. The monoisotopic (exact) mass is 295 g/mol. The van der Waals surface area contributed by atoms with Gasteiger partial charge in [-0.05, 0) is 33.6 Å². The van der Waals surface area contributed by atoms with Crippen molar-refractivity contribution in [3.63, 3.8) is 0 Å². The molecular formula is C12H14BrN3O. The van der Waals surface area contributed by atoms with Crippen molar-refractivity contribution in [3.05, 3.63) is 40.6 Å². The van der Waals surface area contributed by atoms with Crippen molar-refractivity contribution in [2.24, 2.45) is 7.05 Å². The normalized spacial score (nSPS) is 10.5. The number of nitrogens with zero attached hydrogens (tertiary/aromatic N) is 2. The summed E-state index contributed by atoms with van der Waals surface area (Å²) in [6.07, 6.45) is 4.66. The predicted octanol–water partition coefficient (Wildman–Crippen LogP) is 2.39. The zero-order chi connectivity index (χ0) is 12.3. The van der Waals surface area contributed by atoms with Gasteiger partial charge in [0, 0.05) is 31.4 Å². The molecule has 2 N–H and O–H groups in total. The first kappa shape index (κ1) is 12.0. The standard InChI is InChI=1S/C12H14BrN3O/c1-16-8-9(7-15-16)4-5-17-12-6-10(14)2-3-11(12)13/h2-3,6-8H,4-5,14H2,1H3. The third kappa shape index (κ3) is 3.23. The minimum Gasteiger partial charge on any atom is -0.492 e. The fourth-order valence-corrected chi connectivity index (χ4v) is 1.87. The van der Waals surface area contributed by atoms with Crippen LogP contribution in [-0.2, 0) is 13.5 Å². The van der Waals surface area contributed by atoms with Crippen molar-refractivity contribution >= 4 is 21.6 Å². The fourth-order valence-electron chi connectivity index (χ4n) is 1.51. The molecule has 17 heavy (non-hydrogen) atoms. The summed E-state index contributed by atoms with van der Waals surface area (Å²) in [4.78, 5) is 0. The zero-order valence-electron chi connectivity index (χ0n) is 9.56. The third-order valence-electron chi connectivity index (χ3n) is 2.36. The molecule has 0 aliphatic carbocycles. The van der Waals surface area contributed by atoms with Gasteiger partial charge in [-0.15, -0.1) is 0 Å². The Kier molecular flexibility index (Phi) is 3.68. The number of aromatic nitrogens is 2. The third-order valence-corrected chi connectivity index (χ3v) is 3.02. The molecule has 0 amide bonds. The lowest BCUT2D eigenvalue weighted by atomic mass is 10.3. The number of nitrogens with two attached hydrogens (primary N) is 1. The molecule has 90 valence electrons. The Balaban J connectivity index is 1.91. The lowest BCUT2D eigenvalue weighted by Gasteiger charge is -2.08. The van der Waals surface area contributed by atoms with Crippen LogP contribution in [0.25, 0.3) is 0 Å². The number of hydrogen-bond donors (Lipinski definition) is 1. The summed E-state index contributed by atoms with van der Waals surface area (Å²) in [7, 11) is 1.90. The van der Waals surface area contributed by atoms with Gasteiger partial charge >= 0.3 is 0 Å². The minimum atomic E-state index is 0.605. The lowest BCUT2D eigenvalue weighted by molar-refractivity contribution is 0.320. The summed E-state index contributed by atoms with van der Waals surface area (Å²) in [6, 6.07) is 5.53. The highest BCUT2D eigenvalue weighted by molar-refractivity contribution is 9.10. The van der Waals surface area contributed by atoms with Crippen LogP contribution in [0.4, 0.5) is 5.69 Å². The first-order valence-electron chi connectivity index (χ1n) is 5.30. The maximum absolute atomic E-state index is 5.70. The van der Waals surface area contributed by atoms with Gasteiger partial charge in [0.15, 0.2) is 0 Å². The lowest BCUT2D eigenvalue weighted by Crippen LogP contribution is -2.01. The average Bonchev–Trinajstić information content (AvgIpc) is 2.69. The predicted molar refractivity (Wildman–Crippen MR) is 71.0 cm³/mol. The molecule has 2 aromatic rings. The molecule has 1 heterocycles. The molecule has 0 saturated heterocycles. The van der Waals surface area contributed by atoms with Crippen LogP contribution >= 0.6 is 15.9 Å². The highest BCUT2D eigenvalue weighted by atomic mass is 79.9. The second-order valence-electron chi connectivity index (χ2n) is 3.81. The first-order valence-corrected chi connectivity index (χ1v) is 6.10. The van der Waals surface area contributed by atoms with Gasteiger partial charge in [0.1, 0.15) is 5.75 Å². The van der Waals surface area contributed by atoms with E-state index in [9.17, 15) is 0 Å². The molecule has 0 fully saturated rings. The molecule has 0 aliphatic rings. The summed E-state index contributed by atoms with van der Waals surface area (Å²) >= 11 is 3.42. The van der Waals surface area contributed by atoms with Crippen molar-refractivity contribution in [2.75, 3.05) is 12.3 Å². The fraction of sp³-hybridized carbons (Fsp3) is 0.250. The van der Waals surface area contributed by atoms with E-state index in [0.29, 0.717) is 12.3 Å². The molecule has 0 aliphatic heterocycles.